The lowest BCUT2D eigenvalue weighted by molar-refractivity contribution is 0.636. The average molecular weight is 282 g/mol. The third-order valence-electron chi connectivity index (χ3n) is 2.76. The highest BCUT2D eigenvalue weighted by Crippen LogP contribution is 2.20. The fraction of sp³-hybridized carbons (Fsp3) is 0.417. The first kappa shape index (κ1) is 11.6. The maximum atomic E-state index is 5.76. The number of hydrogen-bond donors (Lipinski definition) is 1. The van der Waals surface area contributed by atoms with Gasteiger partial charge < -0.3 is 10.3 Å². The highest BCUT2D eigenvalue weighted by molar-refractivity contribution is 9.10. The molecule has 1 aromatic carbocycles. The van der Waals surface area contributed by atoms with Crippen LogP contribution < -0.4 is 5.73 Å². The lowest BCUT2D eigenvalue weighted by Crippen LogP contribution is -2.16. The third-order valence-corrected chi connectivity index (χ3v) is 3.25. The van der Waals surface area contributed by atoms with Crippen LogP contribution in [-0.2, 0) is 13.5 Å². The Balaban J connectivity index is 2.36. The molecule has 0 amide bonds. The Morgan fingerprint density at radius 2 is 2.25 bits per heavy atom. The van der Waals surface area contributed by atoms with E-state index in [9.17, 15) is 0 Å². The lowest BCUT2D eigenvalue weighted by atomic mass is 10.2. The minimum atomic E-state index is 0.228. The number of aromatic nitrogens is 2. The molecule has 4 heteroatoms. The minimum absolute atomic E-state index is 0.228. The Morgan fingerprint density at radius 1 is 1.50 bits per heavy atom. The van der Waals surface area contributed by atoms with Crippen molar-refractivity contribution in [2.75, 3.05) is 0 Å². The molecule has 86 valence electrons. The van der Waals surface area contributed by atoms with Crippen LogP contribution in [0, 0.1) is 0 Å². The average Bonchev–Trinajstić information content (AvgIpc) is 2.52. The van der Waals surface area contributed by atoms with Gasteiger partial charge in [-0.05, 0) is 31.5 Å². The van der Waals surface area contributed by atoms with E-state index in [1.165, 1.54) is 5.52 Å². The molecule has 2 N–H and O–H groups in total. The van der Waals surface area contributed by atoms with Gasteiger partial charge >= 0.3 is 0 Å². The normalized spacial score (nSPS) is 13.2. The molecule has 0 spiro atoms. The van der Waals surface area contributed by atoms with Crippen molar-refractivity contribution in [1.82, 2.24) is 9.55 Å². The molecule has 1 atom stereocenters. The molecule has 0 fully saturated rings. The summed E-state index contributed by atoms with van der Waals surface area (Å²) in [5, 5.41) is 0. The monoisotopic (exact) mass is 281 g/mol. The maximum absolute atomic E-state index is 5.76. The van der Waals surface area contributed by atoms with Crippen LogP contribution in [-0.4, -0.2) is 15.6 Å². The molecule has 2 aromatic rings. The van der Waals surface area contributed by atoms with Crippen LogP contribution in [0.4, 0.5) is 0 Å². The fourth-order valence-electron chi connectivity index (χ4n) is 1.80. The second-order valence-corrected chi connectivity index (χ2v) is 5.15. The van der Waals surface area contributed by atoms with Gasteiger partial charge in [0.25, 0.3) is 0 Å². The van der Waals surface area contributed by atoms with E-state index in [4.69, 9.17) is 5.73 Å². The number of imidazole rings is 1. The second-order valence-electron chi connectivity index (χ2n) is 4.24. The van der Waals surface area contributed by atoms with Crippen molar-refractivity contribution >= 4 is 27.0 Å². The molecule has 1 unspecified atom stereocenters. The van der Waals surface area contributed by atoms with Gasteiger partial charge in [0.1, 0.15) is 5.82 Å². The van der Waals surface area contributed by atoms with Crippen molar-refractivity contribution in [3.05, 3.63) is 28.5 Å². The molecule has 3 nitrogen and oxygen atoms in total. The predicted octanol–water partition coefficient (Wildman–Crippen LogP) is 2.62. The Hall–Kier alpha value is -0.870. The van der Waals surface area contributed by atoms with Crippen LogP contribution in [0.3, 0.4) is 0 Å². The van der Waals surface area contributed by atoms with E-state index < -0.39 is 0 Å². The molecule has 0 saturated carbocycles. The van der Waals surface area contributed by atoms with E-state index >= 15 is 0 Å². The quantitative estimate of drug-likeness (QED) is 0.940. The molecule has 1 heterocycles. The summed E-state index contributed by atoms with van der Waals surface area (Å²) in [5.74, 6) is 1.10. The first-order valence-corrected chi connectivity index (χ1v) is 6.23. The summed E-state index contributed by atoms with van der Waals surface area (Å²) < 4.78 is 3.21. The Morgan fingerprint density at radius 3 is 2.94 bits per heavy atom. The summed E-state index contributed by atoms with van der Waals surface area (Å²) >= 11 is 3.46. The highest BCUT2D eigenvalue weighted by Gasteiger charge is 2.08. The molecule has 0 saturated heterocycles. The van der Waals surface area contributed by atoms with Gasteiger partial charge in [0, 0.05) is 24.0 Å². The molecule has 0 bridgehead atoms. The van der Waals surface area contributed by atoms with E-state index in [-0.39, 0.29) is 6.04 Å². The number of aryl methyl sites for hydroxylation is 2. The number of benzene rings is 1. The number of halogens is 1. The first-order valence-electron chi connectivity index (χ1n) is 5.44. The Kier molecular flexibility index (Phi) is 3.30. The van der Waals surface area contributed by atoms with Crippen LogP contribution in [0.15, 0.2) is 22.7 Å². The summed E-state index contributed by atoms with van der Waals surface area (Å²) in [6.45, 7) is 2.03. The highest BCUT2D eigenvalue weighted by atomic mass is 79.9. The number of nitrogens with zero attached hydrogens (tertiary/aromatic N) is 2. The number of nitrogens with two attached hydrogens (primary N) is 1. The van der Waals surface area contributed by atoms with E-state index in [0.29, 0.717) is 0 Å². The zero-order chi connectivity index (χ0) is 11.7. The molecule has 1 aromatic heterocycles. The van der Waals surface area contributed by atoms with Gasteiger partial charge in [0.05, 0.1) is 11.0 Å². The van der Waals surface area contributed by atoms with Crippen molar-refractivity contribution in [2.24, 2.45) is 12.8 Å². The molecular formula is C12H16BrN3. The van der Waals surface area contributed by atoms with Gasteiger partial charge in [-0.15, -0.1) is 0 Å². The number of rotatable bonds is 3. The zero-order valence-electron chi connectivity index (χ0n) is 9.57. The SMILES string of the molecule is CC(N)CCc1nc2cc(Br)ccc2n1C. The van der Waals surface area contributed by atoms with E-state index in [2.05, 4.69) is 38.6 Å². The molecule has 0 aliphatic rings. The van der Waals surface area contributed by atoms with Crippen molar-refractivity contribution < 1.29 is 0 Å². The van der Waals surface area contributed by atoms with Crippen molar-refractivity contribution in [3.63, 3.8) is 0 Å². The minimum Gasteiger partial charge on any atom is -0.331 e. The second kappa shape index (κ2) is 4.55. The van der Waals surface area contributed by atoms with Gasteiger partial charge in [-0.3, -0.25) is 0 Å². The van der Waals surface area contributed by atoms with Crippen LogP contribution in [0.25, 0.3) is 11.0 Å². The third kappa shape index (κ3) is 2.28. The van der Waals surface area contributed by atoms with Crippen LogP contribution in [0.1, 0.15) is 19.2 Å². The zero-order valence-corrected chi connectivity index (χ0v) is 11.2. The Labute approximate surface area is 104 Å². The molecule has 16 heavy (non-hydrogen) atoms. The predicted molar refractivity (Wildman–Crippen MR) is 70.4 cm³/mol. The summed E-state index contributed by atoms with van der Waals surface area (Å²) in [6.07, 6.45) is 1.90. The van der Waals surface area contributed by atoms with E-state index in [0.717, 1.165) is 28.7 Å². The van der Waals surface area contributed by atoms with Crippen molar-refractivity contribution in [2.45, 2.75) is 25.8 Å². The summed E-state index contributed by atoms with van der Waals surface area (Å²) in [5.41, 5.74) is 7.97. The Bertz CT molecular complexity index is 502. The van der Waals surface area contributed by atoms with Gasteiger partial charge in [-0.2, -0.15) is 0 Å². The molecule has 2 rings (SSSR count). The maximum Gasteiger partial charge on any atom is 0.109 e. The lowest BCUT2D eigenvalue weighted by Gasteiger charge is -2.04. The molecular weight excluding hydrogens is 266 g/mol. The van der Waals surface area contributed by atoms with E-state index in [1.54, 1.807) is 0 Å². The largest absolute Gasteiger partial charge is 0.331 e. The van der Waals surface area contributed by atoms with Gasteiger partial charge in [-0.1, -0.05) is 15.9 Å². The standard InChI is InChI=1S/C12H16BrN3/c1-8(14)3-6-12-15-10-7-9(13)4-5-11(10)16(12)2/h4-5,7-8H,3,6,14H2,1-2H3. The van der Waals surface area contributed by atoms with Crippen LogP contribution in [0.5, 0.6) is 0 Å². The van der Waals surface area contributed by atoms with Crippen molar-refractivity contribution in [1.29, 1.82) is 0 Å². The van der Waals surface area contributed by atoms with Crippen molar-refractivity contribution in [3.8, 4) is 0 Å². The number of fused-ring (bicyclic) bond motifs is 1. The van der Waals surface area contributed by atoms with Crippen LogP contribution >= 0.6 is 15.9 Å². The van der Waals surface area contributed by atoms with E-state index in [1.807, 2.05) is 19.1 Å². The number of hydrogen-bond acceptors (Lipinski definition) is 2. The first-order chi connectivity index (χ1) is 7.58. The smallest absolute Gasteiger partial charge is 0.109 e. The van der Waals surface area contributed by atoms with Crippen LogP contribution in [0.2, 0.25) is 0 Å². The fourth-order valence-corrected chi connectivity index (χ4v) is 2.15. The van der Waals surface area contributed by atoms with Gasteiger partial charge in [0.2, 0.25) is 0 Å². The van der Waals surface area contributed by atoms with Gasteiger partial charge in [-0.25, -0.2) is 4.98 Å². The summed E-state index contributed by atoms with van der Waals surface area (Å²) in [7, 11) is 2.06. The topological polar surface area (TPSA) is 43.8 Å². The molecule has 0 aliphatic heterocycles. The molecule has 0 radical (unpaired) electrons. The summed E-state index contributed by atoms with van der Waals surface area (Å²) in [4.78, 5) is 4.62. The van der Waals surface area contributed by atoms with Gasteiger partial charge in [0.15, 0.2) is 0 Å². The molecule has 0 aliphatic carbocycles. The summed E-state index contributed by atoms with van der Waals surface area (Å²) in [6, 6.07) is 6.40.